The summed E-state index contributed by atoms with van der Waals surface area (Å²) in [4.78, 5) is 0. The molecule has 0 aliphatic heterocycles. The molecular weight excluding hydrogens is 262 g/mol. The Morgan fingerprint density at radius 1 is 1.06 bits per heavy atom. The predicted molar refractivity (Wildman–Crippen MR) is 69.0 cm³/mol. The van der Waals surface area contributed by atoms with E-state index in [2.05, 4.69) is 41.1 Å². The fraction of sp³-hybridized carbons (Fsp3) is 0.0714. The average Bonchev–Trinajstić information content (AvgIpc) is 2.30. The van der Waals surface area contributed by atoms with Crippen LogP contribution in [0.5, 0.6) is 0 Å². The van der Waals surface area contributed by atoms with Crippen molar-refractivity contribution in [3.63, 3.8) is 0 Å². The zero-order valence-electron chi connectivity index (χ0n) is 8.87. The Kier molecular flexibility index (Phi) is 3.07. The molecule has 2 rings (SSSR count). The van der Waals surface area contributed by atoms with Gasteiger partial charge in [0.15, 0.2) is 0 Å². The van der Waals surface area contributed by atoms with Crippen LogP contribution in [0.1, 0.15) is 11.1 Å². The molecule has 0 heterocycles. The highest BCUT2D eigenvalue weighted by Gasteiger charge is 2.07. The number of hydrogen-bond donors (Lipinski definition) is 0. The first-order chi connectivity index (χ1) is 7.72. The maximum atomic E-state index is 9.14. The van der Waals surface area contributed by atoms with Crippen LogP contribution in [-0.2, 0) is 0 Å². The second kappa shape index (κ2) is 4.51. The van der Waals surface area contributed by atoms with Crippen LogP contribution in [0.15, 0.2) is 46.9 Å². The van der Waals surface area contributed by atoms with Crippen molar-refractivity contribution < 1.29 is 0 Å². The first-order valence-corrected chi connectivity index (χ1v) is 5.77. The minimum absolute atomic E-state index is 0.686. The molecule has 0 amide bonds. The smallest absolute Gasteiger partial charge is 0.101 e. The minimum atomic E-state index is 0.686. The summed E-state index contributed by atoms with van der Waals surface area (Å²) >= 11 is 3.40. The van der Waals surface area contributed by atoms with Crippen molar-refractivity contribution >= 4 is 15.9 Å². The number of aryl methyl sites for hydroxylation is 1. The average molecular weight is 272 g/mol. The van der Waals surface area contributed by atoms with Gasteiger partial charge in [0.05, 0.1) is 5.56 Å². The third-order valence-electron chi connectivity index (χ3n) is 2.49. The van der Waals surface area contributed by atoms with Gasteiger partial charge in [-0.1, -0.05) is 42.0 Å². The second-order valence-corrected chi connectivity index (χ2v) is 4.49. The molecule has 1 nitrogen and oxygen atoms in total. The molecule has 0 saturated heterocycles. The van der Waals surface area contributed by atoms with Crippen molar-refractivity contribution in [2.45, 2.75) is 6.92 Å². The number of nitriles is 1. The SMILES string of the molecule is Cc1ccc(-c2cccc(Br)c2C#N)cc1. The quantitative estimate of drug-likeness (QED) is 0.759. The lowest BCUT2D eigenvalue weighted by Crippen LogP contribution is -1.85. The molecule has 0 spiro atoms. The van der Waals surface area contributed by atoms with Gasteiger partial charge in [-0.15, -0.1) is 0 Å². The first-order valence-electron chi connectivity index (χ1n) is 4.98. The highest BCUT2D eigenvalue weighted by Crippen LogP contribution is 2.28. The van der Waals surface area contributed by atoms with Crippen LogP contribution in [0.25, 0.3) is 11.1 Å². The molecule has 0 aromatic heterocycles. The lowest BCUT2D eigenvalue weighted by molar-refractivity contribution is 1.44. The second-order valence-electron chi connectivity index (χ2n) is 3.64. The van der Waals surface area contributed by atoms with Gasteiger partial charge in [-0.2, -0.15) is 5.26 Å². The normalized spacial score (nSPS) is 9.81. The van der Waals surface area contributed by atoms with Crippen LogP contribution in [0.4, 0.5) is 0 Å². The van der Waals surface area contributed by atoms with Crippen LogP contribution in [-0.4, -0.2) is 0 Å². The Morgan fingerprint density at radius 3 is 2.38 bits per heavy atom. The van der Waals surface area contributed by atoms with Gasteiger partial charge < -0.3 is 0 Å². The number of rotatable bonds is 1. The van der Waals surface area contributed by atoms with E-state index in [1.165, 1.54) is 5.56 Å². The molecule has 0 aliphatic carbocycles. The van der Waals surface area contributed by atoms with Crippen molar-refractivity contribution in [3.8, 4) is 17.2 Å². The Labute approximate surface area is 103 Å². The number of benzene rings is 2. The van der Waals surface area contributed by atoms with E-state index in [1.54, 1.807) is 0 Å². The van der Waals surface area contributed by atoms with Gasteiger partial charge in [-0.3, -0.25) is 0 Å². The highest BCUT2D eigenvalue weighted by molar-refractivity contribution is 9.10. The van der Waals surface area contributed by atoms with Crippen molar-refractivity contribution in [3.05, 3.63) is 58.1 Å². The summed E-state index contributed by atoms with van der Waals surface area (Å²) in [6.45, 7) is 2.05. The molecule has 78 valence electrons. The van der Waals surface area contributed by atoms with Crippen LogP contribution in [0.2, 0.25) is 0 Å². The van der Waals surface area contributed by atoms with Gasteiger partial charge in [0.25, 0.3) is 0 Å². The molecule has 0 fully saturated rings. The zero-order chi connectivity index (χ0) is 11.5. The summed E-state index contributed by atoms with van der Waals surface area (Å²) in [5.74, 6) is 0. The summed E-state index contributed by atoms with van der Waals surface area (Å²) in [5.41, 5.74) is 3.95. The molecule has 0 unspecified atom stereocenters. The molecule has 16 heavy (non-hydrogen) atoms. The minimum Gasteiger partial charge on any atom is -0.192 e. The molecular formula is C14H10BrN. The van der Waals surface area contributed by atoms with Gasteiger partial charge in [0.1, 0.15) is 6.07 Å². The first kappa shape index (κ1) is 10.9. The monoisotopic (exact) mass is 271 g/mol. The highest BCUT2D eigenvalue weighted by atomic mass is 79.9. The fourth-order valence-electron chi connectivity index (χ4n) is 1.61. The molecule has 2 aromatic rings. The molecule has 2 aromatic carbocycles. The van der Waals surface area contributed by atoms with E-state index in [4.69, 9.17) is 5.26 Å². The van der Waals surface area contributed by atoms with E-state index in [0.29, 0.717) is 5.56 Å². The van der Waals surface area contributed by atoms with Crippen LogP contribution in [0, 0.1) is 18.3 Å². The molecule has 0 atom stereocenters. The third-order valence-corrected chi connectivity index (χ3v) is 3.15. The standard InChI is InChI=1S/C14H10BrN/c1-10-5-7-11(8-6-10)12-3-2-4-14(15)13(12)9-16/h2-8H,1H3. The summed E-state index contributed by atoms with van der Waals surface area (Å²) in [6, 6.07) is 16.2. The Morgan fingerprint density at radius 2 is 1.75 bits per heavy atom. The van der Waals surface area contributed by atoms with Gasteiger partial charge in [0, 0.05) is 10.0 Å². The fourth-order valence-corrected chi connectivity index (χ4v) is 2.07. The summed E-state index contributed by atoms with van der Waals surface area (Å²) in [5, 5.41) is 9.14. The summed E-state index contributed by atoms with van der Waals surface area (Å²) < 4.78 is 0.841. The molecule has 0 radical (unpaired) electrons. The number of halogens is 1. The third kappa shape index (κ3) is 2.00. The molecule has 2 heteroatoms. The van der Waals surface area contributed by atoms with E-state index in [-0.39, 0.29) is 0 Å². The van der Waals surface area contributed by atoms with Crippen molar-refractivity contribution in [1.29, 1.82) is 5.26 Å². The van der Waals surface area contributed by atoms with E-state index in [9.17, 15) is 0 Å². The number of nitrogens with zero attached hydrogens (tertiary/aromatic N) is 1. The van der Waals surface area contributed by atoms with Crippen molar-refractivity contribution in [2.75, 3.05) is 0 Å². The van der Waals surface area contributed by atoms with E-state index in [0.717, 1.165) is 15.6 Å². The summed E-state index contributed by atoms with van der Waals surface area (Å²) in [7, 11) is 0. The van der Waals surface area contributed by atoms with E-state index >= 15 is 0 Å². The Hall–Kier alpha value is -1.59. The topological polar surface area (TPSA) is 23.8 Å². The van der Waals surface area contributed by atoms with Gasteiger partial charge in [-0.25, -0.2) is 0 Å². The van der Waals surface area contributed by atoms with Crippen molar-refractivity contribution in [1.82, 2.24) is 0 Å². The molecule has 0 N–H and O–H groups in total. The Bertz CT molecular complexity index is 550. The molecule has 0 saturated carbocycles. The molecule has 0 bridgehead atoms. The molecule has 0 aliphatic rings. The lowest BCUT2D eigenvalue weighted by atomic mass is 10.00. The summed E-state index contributed by atoms with van der Waals surface area (Å²) in [6.07, 6.45) is 0. The van der Waals surface area contributed by atoms with Crippen LogP contribution >= 0.6 is 15.9 Å². The zero-order valence-corrected chi connectivity index (χ0v) is 10.5. The van der Waals surface area contributed by atoms with Crippen LogP contribution in [0.3, 0.4) is 0 Å². The lowest BCUT2D eigenvalue weighted by Gasteiger charge is -2.06. The van der Waals surface area contributed by atoms with Gasteiger partial charge in [0.2, 0.25) is 0 Å². The maximum absolute atomic E-state index is 9.14. The van der Waals surface area contributed by atoms with Crippen molar-refractivity contribution in [2.24, 2.45) is 0 Å². The van der Waals surface area contributed by atoms with E-state index in [1.807, 2.05) is 30.3 Å². The number of hydrogen-bond acceptors (Lipinski definition) is 1. The van der Waals surface area contributed by atoms with Crippen LogP contribution < -0.4 is 0 Å². The van der Waals surface area contributed by atoms with Gasteiger partial charge in [-0.05, 0) is 34.5 Å². The predicted octanol–water partition coefficient (Wildman–Crippen LogP) is 4.30. The largest absolute Gasteiger partial charge is 0.192 e. The van der Waals surface area contributed by atoms with Gasteiger partial charge >= 0.3 is 0 Å². The van der Waals surface area contributed by atoms with E-state index < -0.39 is 0 Å². The Balaban J connectivity index is 2.61. The maximum Gasteiger partial charge on any atom is 0.101 e.